The molecule has 1 heterocycles. The molecule has 0 aliphatic heterocycles. The Kier molecular flexibility index (Phi) is 6.57. The van der Waals surface area contributed by atoms with E-state index in [1.165, 1.54) is 18.4 Å². The van der Waals surface area contributed by atoms with Crippen molar-refractivity contribution in [2.24, 2.45) is 0 Å². The van der Waals surface area contributed by atoms with Crippen LogP contribution in [-0.2, 0) is 6.42 Å². The highest BCUT2D eigenvalue weighted by Gasteiger charge is 2.22. The predicted molar refractivity (Wildman–Crippen MR) is 133 cm³/mol. The molecular formula is C30H30O3. The number of rotatable bonds is 8. The van der Waals surface area contributed by atoms with Gasteiger partial charge in [0.2, 0.25) is 0 Å². The van der Waals surface area contributed by atoms with E-state index < -0.39 is 0 Å². The Balaban J connectivity index is 1.38. The molecular weight excluding hydrogens is 408 g/mol. The highest BCUT2D eigenvalue weighted by molar-refractivity contribution is 5.78. The van der Waals surface area contributed by atoms with Crippen molar-refractivity contribution < 1.29 is 9.15 Å². The fourth-order valence-corrected chi connectivity index (χ4v) is 4.98. The van der Waals surface area contributed by atoms with E-state index in [1.807, 2.05) is 42.5 Å². The van der Waals surface area contributed by atoms with Crippen LogP contribution in [0.15, 0.2) is 94.3 Å². The molecule has 1 saturated carbocycles. The molecule has 1 aromatic heterocycles. The maximum atomic E-state index is 13.2. The molecule has 1 aliphatic rings. The SMILES string of the molecule is O=c1c(C2CCCC2)coc2ccc(OC(CCCc3ccccc3)c3ccccc3)cc12. The molecule has 4 aromatic rings. The first-order valence-corrected chi connectivity index (χ1v) is 12.1. The summed E-state index contributed by atoms with van der Waals surface area (Å²) in [5.74, 6) is 1.04. The van der Waals surface area contributed by atoms with Crippen LogP contribution in [0.4, 0.5) is 0 Å². The van der Waals surface area contributed by atoms with E-state index in [2.05, 4.69) is 36.4 Å². The number of aryl methyl sites for hydroxylation is 1. The van der Waals surface area contributed by atoms with E-state index in [4.69, 9.17) is 9.15 Å². The van der Waals surface area contributed by atoms with Crippen molar-refractivity contribution in [3.63, 3.8) is 0 Å². The molecule has 1 fully saturated rings. The average molecular weight is 439 g/mol. The second-order valence-corrected chi connectivity index (χ2v) is 9.05. The molecule has 0 spiro atoms. The van der Waals surface area contributed by atoms with Gasteiger partial charge in [0.25, 0.3) is 0 Å². The van der Waals surface area contributed by atoms with Crippen molar-refractivity contribution >= 4 is 11.0 Å². The Morgan fingerprint density at radius 2 is 1.64 bits per heavy atom. The molecule has 0 amide bonds. The van der Waals surface area contributed by atoms with Crippen LogP contribution in [0.1, 0.15) is 67.2 Å². The van der Waals surface area contributed by atoms with Gasteiger partial charge in [0.1, 0.15) is 17.4 Å². The molecule has 168 valence electrons. The van der Waals surface area contributed by atoms with E-state index in [0.29, 0.717) is 22.6 Å². The zero-order valence-electron chi connectivity index (χ0n) is 18.9. The van der Waals surface area contributed by atoms with Crippen LogP contribution < -0.4 is 10.2 Å². The minimum Gasteiger partial charge on any atom is -0.486 e. The van der Waals surface area contributed by atoms with E-state index >= 15 is 0 Å². The lowest BCUT2D eigenvalue weighted by Gasteiger charge is -2.20. The van der Waals surface area contributed by atoms with Gasteiger partial charge in [0.05, 0.1) is 11.6 Å². The molecule has 3 aromatic carbocycles. The molecule has 3 nitrogen and oxygen atoms in total. The first kappa shape index (κ1) is 21.5. The Bertz CT molecular complexity index is 1240. The topological polar surface area (TPSA) is 39.4 Å². The van der Waals surface area contributed by atoms with E-state index in [1.54, 1.807) is 6.26 Å². The fraction of sp³-hybridized carbons (Fsp3) is 0.300. The van der Waals surface area contributed by atoms with Crippen LogP contribution in [0.25, 0.3) is 11.0 Å². The van der Waals surface area contributed by atoms with Crippen molar-refractivity contribution in [2.75, 3.05) is 0 Å². The normalized spacial score (nSPS) is 15.0. The van der Waals surface area contributed by atoms with Crippen LogP contribution in [0.3, 0.4) is 0 Å². The molecule has 0 bridgehead atoms. The third kappa shape index (κ3) is 5.03. The fourth-order valence-electron chi connectivity index (χ4n) is 4.98. The maximum Gasteiger partial charge on any atom is 0.196 e. The van der Waals surface area contributed by atoms with Gasteiger partial charge >= 0.3 is 0 Å². The molecule has 1 aliphatic carbocycles. The van der Waals surface area contributed by atoms with Crippen LogP contribution in [0.2, 0.25) is 0 Å². The third-order valence-electron chi connectivity index (χ3n) is 6.79. The predicted octanol–water partition coefficient (Wildman–Crippen LogP) is 7.59. The average Bonchev–Trinajstić information content (AvgIpc) is 3.40. The van der Waals surface area contributed by atoms with Crippen molar-refractivity contribution in [3.05, 3.63) is 112 Å². The van der Waals surface area contributed by atoms with Gasteiger partial charge < -0.3 is 9.15 Å². The zero-order chi connectivity index (χ0) is 22.5. The van der Waals surface area contributed by atoms with Gasteiger partial charge in [-0.05, 0) is 67.3 Å². The molecule has 5 rings (SSSR count). The number of hydrogen-bond acceptors (Lipinski definition) is 3. The Morgan fingerprint density at radius 1 is 0.909 bits per heavy atom. The van der Waals surface area contributed by atoms with Gasteiger partial charge in [0.15, 0.2) is 5.43 Å². The monoisotopic (exact) mass is 438 g/mol. The first-order valence-electron chi connectivity index (χ1n) is 12.1. The molecule has 1 atom stereocenters. The number of benzene rings is 3. The largest absolute Gasteiger partial charge is 0.486 e. The quantitative estimate of drug-likeness (QED) is 0.284. The summed E-state index contributed by atoms with van der Waals surface area (Å²) in [5, 5.41) is 0.619. The molecule has 3 heteroatoms. The molecule has 33 heavy (non-hydrogen) atoms. The summed E-state index contributed by atoms with van der Waals surface area (Å²) < 4.78 is 12.3. The van der Waals surface area contributed by atoms with Gasteiger partial charge in [-0.25, -0.2) is 0 Å². The Labute approximate surface area is 195 Å². The van der Waals surface area contributed by atoms with Gasteiger partial charge in [-0.2, -0.15) is 0 Å². The summed E-state index contributed by atoms with van der Waals surface area (Å²) in [5.41, 5.74) is 4.02. The maximum absolute atomic E-state index is 13.2. The number of ether oxygens (including phenoxy) is 1. The lowest BCUT2D eigenvalue weighted by Crippen LogP contribution is -2.12. The van der Waals surface area contributed by atoms with Crippen LogP contribution in [-0.4, -0.2) is 0 Å². The lowest BCUT2D eigenvalue weighted by atomic mass is 9.98. The van der Waals surface area contributed by atoms with E-state index in [9.17, 15) is 4.79 Å². The second-order valence-electron chi connectivity index (χ2n) is 9.05. The minimum atomic E-state index is -0.0718. The highest BCUT2D eigenvalue weighted by Crippen LogP contribution is 2.34. The number of fused-ring (bicyclic) bond motifs is 1. The summed E-state index contributed by atoms with van der Waals surface area (Å²) in [4.78, 5) is 13.2. The smallest absolute Gasteiger partial charge is 0.196 e. The van der Waals surface area contributed by atoms with Crippen molar-refractivity contribution in [1.82, 2.24) is 0 Å². The summed E-state index contributed by atoms with van der Waals surface area (Å²) in [6, 6.07) is 26.5. The zero-order valence-corrected chi connectivity index (χ0v) is 18.9. The summed E-state index contributed by atoms with van der Waals surface area (Å²) in [6.45, 7) is 0. The van der Waals surface area contributed by atoms with Gasteiger partial charge in [-0.1, -0.05) is 73.5 Å². The van der Waals surface area contributed by atoms with Gasteiger partial charge in [-0.15, -0.1) is 0 Å². The second kappa shape index (κ2) is 10.1. The van der Waals surface area contributed by atoms with Crippen molar-refractivity contribution in [3.8, 4) is 5.75 Å². The van der Waals surface area contributed by atoms with Crippen molar-refractivity contribution in [2.45, 2.75) is 57.0 Å². The summed E-state index contributed by atoms with van der Waals surface area (Å²) in [7, 11) is 0. The van der Waals surface area contributed by atoms with Crippen molar-refractivity contribution in [1.29, 1.82) is 0 Å². The first-order chi connectivity index (χ1) is 16.3. The summed E-state index contributed by atoms with van der Waals surface area (Å²) in [6.07, 6.45) is 9.06. The molecule has 0 saturated heterocycles. The standard InChI is InChI=1S/C30H30O3/c31-30-26-20-25(18-19-29(26)32-21-27(30)23-13-7-8-14-23)33-28(24-15-5-2-6-16-24)17-9-12-22-10-3-1-4-11-22/h1-6,10-11,15-16,18-21,23,28H,7-9,12-14,17H2. The third-order valence-corrected chi connectivity index (χ3v) is 6.79. The van der Waals surface area contributed by atoms with Gasteiger partial charge in [-0.3, -0.25) is 4.79 Å². The number of hydrogen-bond donors (Lipinski definition) is 0. The van der Waals surface area contributed by atoms with E-state index in [-0.39, 0.29) is 11.5 Å². The molecule has 0 N–H and O–H groups in total. The van der Waals surface area contributed by atoms with Crippen LogP contribution in [0.5, 0.6) is 5.75 Å². The highest BCUT2D eigenvalue weighted by atomic mass is 16.5. The lowest BCUT2D eigenvalue weighted by molar-refractivity contribution is 0.192. The Morgan fingerprint density at radius 3 is 2.39 bits per heavy atom. The Hall–Kier alpha value is -3.33. The minimum absolute atomic E-state index is 0.0718. The summed E-state index contributed by atoms with van der Waals surface area (Å²) >= 11 is 0. The van der Waals surface area contributed by atoms with Crippen LogP contribution in [0, 0.1) is 0 Å². The van der Waals surface area contributed by atoms with Crippen LogP contribution >= 0.6 is 0 Å². The molecule has 0 radical (unpaired) electrons. The van der Waals surface area contributed by atoms with E-state index in [0.717, 1.165) is 43.2 Å². The molecule has 1 unspecified atom stereocenters. The van der Waals surface area contributed by atoms with Gasteiger partial charge in [0, 0.05) is 5.56 Å².